The van der Waals surface area contributed by atoms with E-state index in [-0.39, 0.29) is 0 Å². The fourth-order valence-electron chi connectivity index (χ4n) is 4.69. The van der Waals surface area contributed by atoms with Gasteiger partial charge in [0.1, 0.15) is 5.75 Å². The minimum Gasteiger partial charge on any atom is -0.497 e. The molecular formula is C34H38O7. The predicted molar refractivity (Wildman–Crippen MR) is 160 cm³/mol. The molecule has 0 spiro atoms. The van der Waals surface area contributed by atoms with Crippen LogP contribution in [0.15, 0.2) is 72.8 Å². The van der Waals surface area contributed by atoms with Crippen LogP contribution in [0.3, 0.4) is 0 Å². The number of benzene rings is 4. The van der Waals surface area contributed by atoms with Gasteiger partial charge in [-0.3, -0.25) is 0 Å². The van der Waals surface area contributed by atoms with Crippen molar-refractivity contribution in [2.45, 2.75) is 25.7 Å². The maximum atomic E-state index is 6.42. The average Bonchev–Trinajstić information content (AvgIpc) is 3.02. The number of hydrogen-bond acceptors (Lipinski definition) is 7. The smallest absolute Gasteiger partial charge is 0.211 e. The highest BCUT2D eigenvalue weighted by Gasteiger charge is 2.18. The van der Waals surface area contributed by atoms with Gasteiger partial charge < -0.3 is 33.2 Å². The summed E-state index contributed by atoms with van der Waals surface area (Å²) in [6, 6.07) is 24.0. The van der Waals surface area contributed by atoms with Crippen molar-refractivity contribution >= 4 is 0 Å². The molecule has 0 fully saturated rings. The zero-order chi connectivity index (χ0) is 29.2. The highest BCUT2D eigenvalue weighted by molar-refractivity contribution is 5.57. The molecule has 0 amide bonds. The summed E-state index contributed by atoms with van der Waals surface area (Å²) in [5, 5.41) is 0. The monoisotopic (exact) mass is 558 g/mol. The van der Waals surface area contributed by atoms with Gasteiger partial charge in [0.05, 0.1) is 42.7 Å². The fourth-order valence-corrected chi connectivity index (χ4v) is 4.69. The van der Waals surface area contributed by atoms with Gasteiger partial charge in [-0.15, -0.1) is 0 Å². The Balaban J connectivity index is 1.54. The molecule has 4 aromatic carbocycles. The molecule has 0 aromatic heterocycles. The van der Waals surface area contributed by atoms with E-state index in [0.29, 0.717) is 40.2 Å². The van der Waals surface area contributed by atoms with Gasteiger partial charge in [0.15, 0.2) is 34.5 Å². The Morgan fingerprint density at radius 2 is 0.854 bits per heavy atom. The van der Waals surface area contributed by atoms with Crippen LogP contribution >= 0.6 is 0 Å². The molecule has 7 heteroatoms. The first-order chi connectivity index (χ1) is 20.0. The molecule has 0 heterocycles. The van der Waals surface area contributed by atoms with Crippen LogP contribution in [0.2, 0.25) is 0 Å². The lowest BCUT2D eigenvalue weighted by atomic mass is 10.0. The van der Waals surface area contributed by atoms with Crippen molar-refractivity contribution in [1.82, 2.24) is 0 Å². The van der Waals surface area contributed by atoms with Gasteiger partial charge in [0, 0.05) is 0 Å². The molecule has 0 aliphatic heterocycles. The molecule has 0 saturated heterocycles. The molecule has 0 N–H and O–H groups in total. The zero-order valence-corrected chi connectivity index (χ0v) is 24.6. The Bertz CT molecular complexity index is 1420. The van der Waals surface area contributed by atoms with E-state index in [9.17, 15) is 0 Å². The van der Waals surface area contributed by atoms with E-state index in [1.165, 1.54) is 5.56 Å². The largest absolute Gasteiger partial charge is 0.497 e. The lowest BCUT2D eigenvalue weighted by Gasteiger charge is -2.18. The molecule has 0 bridgehead atoms. The third kappa shape index (κ3) is 7.37. The van der Waals surface area contributed by atoms with Crippen molar-refractivity contribution in [2.75, 3.05) is 42.7 Å². The summed E-state index contributed by atoms with van der Waals surface area (Å²) in [6.07, 6.45) is 3.27. The van der Waals surface area contributed by atoms with Crippen LogP contribution in [-0.4, -0.2) is 42.7 Å². The van der Waals surface area contributed by atoms with Gasteiger partial charge in [-0.2, -0.15) is 0 Å². The summed E-state index contributed by atoms with van der Waals surface area (Å²) >= 11 is 0. The number of methoxy groups -OCH3 is 6. The van der Waals surface area contributed by atoms with Gasteiger partial charge >= 0.3 is 0 Å². The van der Waals surface area contributed by atoms with Crippen molar-refractivity contribution in [1.29, 1.82) is 0 Å². The van der Waals surface area contributed by atoms with Gasteiger partial charge in [-0.25, -0.2) is 0 Å². The summed E-state index contributed by atoms with van der Waals surface area (Å²) in [5.41, 5.74) is 4.51. The van der Waals surface area contributed by atoms with Gasteiger partial charge in [-0.1, -0.05) is 24.3 Å². The lowest BCUT2D eigenvalue weighted by Crippen LogP contribution is -2.00. The minimum atomic E-state index is 0.494. The van der Waals surface area contributed by atoms with Crippen molar-refractivity contribution in [3.63, 3.8) is 0 Å². The van der Waals surface area contributed by atoms with Crippen LogP contribution in [0, 0.1) is 0 Å². The Labute approximate surface area is 242 Å². The van der Waals surface area contributed by atoms with Crippen LogP contribution in [0.25, 0.3) is 0 Å². The molecule has 0 unspecified atom stereocenters. The molecule has 0 aliphatic rings. The number of ether oxygens (including phenoxy) is 7. The standard InChI is InChI=1S/C34H38O7/c1-35-27-9-7-8-23(18-27)10-11-25-15-17-29(37-3)31(20-25)41-34-32(39-5)21-26(22-33(34)40-6)13-12-24-14-16-28(36-2)30(19-24)38-4/h7-9,14-22H,10-13H2,1-6H3. The Kier molecular flexibility index (Phi) is 10.2. The topological polar surface area (TPSA) is 64.6 Å². The van der Waals surface area contributed by atoms with E-state index in [1.807, 2.05) is 54.6 Å². The lowest BCUT2D eigenvalue weighted by molar-refractivity contribution is 0.332. The fraction of sp³-hybridized carbons (Fsp3) is 0.294. The van der Waals surface area contributed by atoms with E-state index in [0.717, 1.165) is 48.1 Å². The quantitative estimate of drug-likeness (QED) is 0.164. The Morgan fingerprint density at radius 1 is 0.390 bits per heavy atom. The normalized spacial score (nSPS) is 10.6. The second kappa shape index (κ2) is 14.2. The molecule has 7 nitrogen and oxygen atoms in total. The summed E-state index contributed by atoms with van der Waals surface area (Å²) < 4.78 is 39.7. The third-order valence-electron chi connectivity index (χ3n) is 6.95. The first kappa shape index (κ1) is 29.5. The highest BCUT2D eigenvalue weighted by atomic mass is 16.6. The number of hydrogen-bond donors (Lipinski definition) is 0. The summed E-state index contributed by atoms with van der Waals surface area (Å²) in [5.74, 6) is 5.14. The second-order valence-corrected chi connectivity index (χ2v) is 9.46. The first-order valence-electron chi connectivity index (χ1n) is 13.4. The number of rotatable bonds is 14. The predicted octanol–water partition coefficient (Wildman–Crippen LogP) is 7.10. The molecule has 4 rings (SSSR count). The Hall–Kier alpha value is -4.52. The molecule has 0 aliphatic carbocycles. The minimum absolute atomic E-state index is 0.494. The first-order valence-corrected chi connectivity index (χ1v) is 13.4. The second-order valence-electron chi connectivity index (χ2n) is 9.46. The van der Waals surface area contributed by atoms with Gasteiger partial charge in [-0.05, 0) is 96.5 Å². The highest BCUT2D eigenvalue weighted by Crippen LogP contribution is 2.44. The van der Waals surface area contributed by atoms with Crippen molar-refractivity contribution in [3.05, 3.63) is 95.1 Å². The van der Waals surface area contributed by atoms with Crippen molar-refractivity contribution in [2.24, 2.45) is 0 Å². The van der Waals surface area contributed by atoms with Crippen LogP contribution in [0.5, 0.6) is 46.0 Å². The third-order valence-corrected chi connectivity index (χ3v) is 6.95. The molecule has 4 aromatic rings. The van der Waals surface area contributed by atoms with E-state index in [1.54, 1.807) is 42.7 Å². The SMILES string of the molecule is COc1cccc(CCc2ccc(OC)c(Oc3c(OC)cc(CCc4ccc(OC)c(OC)c4)cc3OC)c2)c1. The van der Waals surface area contributed by atoms with Crippen molar-refractivity contribution < 1.29 is 33.2 Å². The molecule has 216 valence electrons. The zero-order valence-electron chi connectivity index (χ0n) is 24.6. The van der Waals surface area contributed by atoms with E-state index in [2.05, 4.69) is 18.2 Å². The molecule has 0 radical (unpaired) electrons. The van der Waals surface area contributed by atoms with E-state index in [4.69, 9.17) is 33.2 Å². The van der Waals surface area contributed by atoms with Crippen LogP contribution in [0.4, 0.5) is 0 Å². The maximum Gasteiger partial charge on any atom is 0.211 e. The van der Waals surface area contributed by atoms with Gasteiger partial charge in [0.2, 0.25) is 5.75 Å². The van der Waals surface area contributed by atoms with Crippen LogP contribution in [-0.2, 0) is 25.7 Å². The van der Waals surface area contributed by atoms with Gasteiger partial charge in [0.25, 0.3) is 0 Å². The molecule has 0 saturated carbocycles. The van der Waals surface area contributed by atoms with Crippen molar-refractivity contribution in [3.8, 4) is 46.0 Å². The number of aryl methyl sites for hydroxylation is 4. The summed E-state index contributed by atoms with van der Waals surface area (Å²) in [7, 11) is 9.84. The summed E-state index contributed by atoms with van der Waals surface area (Å²) in [4.78, 5) is 0. The molecule has 0 atom stereocenters. The van der Waals surface area contributed by atoms with E-state index >= 15 is 0 Å². The summed E-state index contributed by atoms with van der Waals surface area (Å²) in [6.45, 7) is 0. The van der Waals surface area contributed by atoms with Crippen LogP contribution in [0.1, 0.15) is 22.3 Å². The van der Waals surface area contributed by atoms with Crippen LogP contribution < -0.4 is 33.2 Å². The molecular weight excluding hydrogens is 520 g/mol. The Morgan fingerprint density at radius 3 is 1.39 bits per heavy atom. The maximum absolute atomic E-state index is 6.42. The van der Waals surface area contributed by atoms with E-state index < -0.39 is 0 Å². The average molecular weight is 559 g/mol. The molecule has 41 heavy (non-hydrogen) atoms.